The molecule has 0 radical (unpaired) electrons. The highest BCUT2D eigenvalue weighted by molar-refractivity contribution is 7.99. The van der Waals surface area contributed by atoms with Crippen LogP contribution in [0.5, 0.6) is 0 Å². The number of aryl methyl sites for hydroxylation is 1. The van der Waals surface area contributed by atoms with Gasteiger partial charge < -0.3 is 10.5 Å². The van der Waals surface area contributed by atoms with Gasteiger partial charge in [-0.25, -0.2) is 0 Å². The van der Waals surface area contributed by atoms with Gasteiger partial charge in [-0.2, -0.15) is 0 Å². The number of halogens is 1. The highest BCUT2D eigenvalue weighted by Gasteiger charge is 2.25. The summed E-state index contributed by atoms with van der Waals surface area (Å²) in [6.07, 6.45) is -0.276. The van der Waals surface area contributed by atoms with Crippen molar-refractivity contribution in [3.63, 3.8) is 0 Å². The van der Waals surface area contributed by atoms with Gasteiger partial charge in [-0.3, -0.25) is 4.79 Å². The zero-order valence-electron chi connectivity index (χ0n) is 14.1. The standard InChI is InChI=1S/C19H23NO2S.ClH/c1-13-9-11-16(12-10-13)18(15(3)22-19(21)14(2)20)23-17-7-5-4-6-8-17;/h4-12,14-15,18H,20H2,1-3H3;1H/t14-,15-,18-;/m0./s1. The summed E-state index contributed by atoms with van der Waals surface area (Å²) >= 11 is 1.69. The van der Waals surface area contributed by atoms with Crippen LogP contribution < -0.4 is 5.73 Å². The summed E-state index contributed by atoms with van der Waals surface area (Å²) < 4.78 is 5.55. The molecule has 0 aliphatic heterocycles. The maximum absolute atomic E-state index is 11.8. The molecule has 0 spiro atoms. The zero-order valence-corrected chi connectivity index (χ0v) is 15.8. The predicted octanol–water partition coefficient (Wildman–Crippen LogP) is 4.53. The Kier molecular flexibility index (Phi) is 8.32. The van der Waals surface area contributed by atoms with Crippen molar-refractivity contribution in [1.82, 2.24) is 0 Å². The number of esters is 1. The molecule has 5 heteroatoms. The van der Waals surface area contributed by atoms with Crippen molar-refractivity contribution in [3.8, 4) is 0 Å². The minimum absolute atomic E-state index is 0. The van der Waals surface area contributed by atoms with Crippen molar-refractivity contribution in [3.05, 3.63) is 65.7 Å². The SMILES string of the molecule is Cc1ccc([C@@H](Sc2ccccc2)[C@H](C)OC(=O)[C@H](C)N)cc1.Cl. The van der Waals surface area contributed by atoms with E-state index in [-0.39, 0.29) is 29.7 Å². The predicted molar refractivity (Wildman–Crippen MR) is 103 cm³/mol. The fraction of sp³-hybridized carbons (Fsp3) is 0.316. The Hall–Kier alpha value is -1.49. The van der Waals surface area contributed by atoms with Gasteiger partial charge in [-0.1, -0.05) is 48.0 Å². The van der Waals surface area contributed by atoms with Gasteiger partial charge in [-0.05, 0) is 38.5 Å². The van der Waals surface area contributed by atoms with Crippen LogP contribution >= 0.6 is 24.2 Å². The highest BCUT2D eigenvalue weighted by atomic mass is 35.5. The molecule has 2 rings (SSSR count). The van der Waals surface area contributed by atoms with E-state index in [1.54, 1.807) is 18.7 Å². The smallest absolute Gasteiger partial charge is 0.322 e. The quantitative estimate of drug-likeness (QED) is 0.603. The average Bonchev–Trinajstić information content (AvgIpc) is 2.54. The van der Waals surface area contributed by atoms with Crippen LogP contribution in [0.15, 0.2) is 59.5 Å². The second kappa shape index (κ2) is 9.72. The van der Waals surface area contributed by atoms with Gasteiger partial charge in [0.25, 0.3) is 0 Å². The first kappa shape index (κ1) is 20.6. The maximum atomic E-state index is 11.8. The average molecular weight is 366 g/mol. The van der Waals surface area contributed by atoms with Crippen LogP contribution in [0.2, 0.25) is 0 Å². The third-order valence-corrected chi connectivity index (χ3v) is 4.97. The number of ether oxygens (including phenoxy) is 1. The van der Waals surface area contributed by atoms with Gasteiger partial charge in [0.2, 0.25) is 0 Å². The Morgan fingerprint density at radius 1 is 1.04 bits per heavy atom. The monoisotopic (exact) mass is 365 g/mol. The lowest BCUT2D eigenvalue weighted by Crippen LogP contribution is -2.33. The molecule has 0 aliphatic rings. The highest BCUT2D eigenvalue weighted by Crippen LogP contribution is 2.39. The van der Waals surface area contributed by atoms with Crippen molar-refractivity contribution < 1.29 is 9.53 Å². The lowest BCUT2D eigenvalue weighted by atomic mass is 10.1. The molecule has 0 saturated carbocycles. The molecule has 3 nitrogen and oxygen atoms in total. The minimum atomic E-state index is -0.613. The van der Waals surface area contributed by atoms with Crippen molar-refractivity contribution in [2.45, 2.75) is 43.1 Å². The molecule has 0 saturated heterocycles. The molecule has 24 heavy (non-hydrogen) atoms. The molecule has 130 valence electrons. The van der Waals surface area contributed by atoms with E-state index in [0.717, 1.165) is 10.5 Å². The number of carbonyl (C=O) groups excluding carboxylic acids is 1. The van der Waals surface area contributed by atoms with Gasteiger partial charge in [0, 0.05) is 4.90 Å². The first-order valence-corrected chi connectivity index (χ1v) is 8.59. The largest absolute Gasteiger partial charge is 0.460 e. The van der Waals surface area contributed by atoms with E-state index in [1.165, 1.54) is 5.56 Å². The normalized spacial score (nSPS) is 14.2. The summed E-state index contributed by atoms with van der Waals surface area (Å²) in [5.74, 6) is -0.372. The van der Waals surface area contributed by atoms with E-state index in [0.29, 0.717) is 0 Å². The lowest BCUT2D eigenvalue weighted by Gasteiger charge is -2.25. The van der Waals surface area contributed by atoms with Crippen LogP contribution in [0.25, 0.3) is 0 Å². The molecular formula is C19H24ClNO2S. The van der Waals surface area contributed by atoms with E-state index in [1.807, 2.05) is 25.1 Å². The molecular weight excluding hydrogens is 342 g/mol. The Morgan fingerprint density at radius 3 is 2.17 bits per heavy atom. The first-order valence-electron chi connectivity index (χ1n) is 7.71. The molecule has 0 fully saturated rings. The van der Waals surface area contributed by atoms with Crippen LogP contribution in [0.3, 0.4) is 0 Å². The molecule has 0 bridgehead atoms. The fourth-order valence-corrected chi connectivity index (χ4v) is 3.34. The number of nitrogens with two attached hydrogens (primary N) is 1. The molecule has 0 amide bonds. The third-order valence-electron chi connectivity index (χ3n) is 3.51. The zero-order chi connectivity index (χ0) is 16.8. The van der Waals surface area contributed by atoms with Crippen LogP contribution in [-0.2, 0) is 9.53 Å². The molecule has 0 aromatic heterocycles. The number of thioether (sulfide) groups is 1. The molecule has 0 heterocycles. The third kappa shape index (κ3) is 5.86. The van der Waals surface area contributed by atoms with Crippen LogP contribution in [0, 0.1) is 6.92 Å². The molecule has 2 aromatic carbocycles. The number of carbonyl (C=O) groups is 1. The summed E-state index contributed by atoms with van der Waals surface area (Å²) in [6, 6.07) is 17.8. The van der Waals surface area contributed by atoms with Gasteiger partial charge in [-0.15, -0.1) is 24.2 Å². The molecule has 2 N–H and O–H groups in total. The number of hydrogen-bond donors (Lipinski definition) is 1. The lowest BCUT2D eigenvalue weighted by molar-refractivity contribution is -0.149. The van der Waals surface area contributed by atoms with Gasteiger partial charge in [0.15, 0.2) is 0 Å². The maximum Gasteiger partial charge on any atom is 0.322 e. The van der Waals surface area contributed by atoms with Gasteiger partial charge >= 0.3 is 5.97 Å². The number of benzene rings is 2. The van der Waals surface area contributed by atoms with Gasteiger partial charge in [0.1, 0.15) is 12.1 Å². The van der Waals surface area contributed by atoms with E-state index < -0.39 is 6.04 Å². The Labute approximate surface area is 154 Å². The van der Waals surface area contributed by atoms with Gasteiger partial charge in [0.05, 0.1) is 5.25 Å². The topological polar surface area (TPSA) is 52.3 Å². The molecule has 0 aliphatic carbocycles. The van der Waals surface area contributed by atoms with E-state index in [9.17, 15) is 4.79 Å². The summed E-state index contributed by atoms with van der Waals surface area (Å²) in [5.41, 5.74) is 7.95. The molecule has 3 atom stereocenters. The van der Waals surface area contributed by atoms with Crippen molar-refractivity contribution in [1.29, 1.82) is 0 Å². The second-order valence-electron chi connectivity index (χ2n) is 5.69. The Morgan fingerprint density at radius 2 is 1.62 bits per heavy atom. The Bertz CT molecular complexity index is 632. The summed E-state index contributed by atoms with van der Waals surface area (Å²) in [6.45, 7) is 5.61. The molecule has 0 unspecified atom stereocenters. The first-order chi connectivity index (χ1) is 11.0. The Balaban J connectivity index is 0.00000288. The van der Waals surface area contributed by atoms with Crippen LogP contribution in [0.1, 0.15) is 30.2 Å². The fourth-order valence-electron chi connectivity index (χ4n) is 2.19. The second-order valence-corrected chi connectivity index (χ2v) is 6.91. The van der Waals surface area contributed by atoms with Crippen LogP contribution in [0.4, 0.5) is 0 Å². The number of hydrogen-bond acceptors (Lipinski definition) is 4. The van der Waals surface area contributed by atoms with E-state index in [2.05, 4.69) is 43.3 Å². The van der Waals surface area contributed by atoms with Crippen molar-refractivity contribution in [2.75, 3.05) is 0 Å². The van der Waals surface area contributed by atoms with E-state index >= 15 is 0 Å². The van der Waals surface area contributed by atoms with Crippen molar-refractivity contribution >= 4 is 30.1 Å². The number of rotatable bonds is 6. The van der Waals surface area contributed by atoms with Crippen LogP contribution in [-0.4, -0.2) is 18.1 Å². The van der Waals surface area contributed by atoms with E-state index in [4.69, 9.17) is 10.5 Å². The minimum Gasteiger partial charge on any atom is -0.460 e. The van der Waals surface area contributed by atoms with Crippen molar-refractivity contribution in [2.24, 2.45) is 5.73 Å². The summed E-state index contributed by atoms with van der Waals surface area (Å²) in [7, 11) is 0. The summed E-state index contributed by atoms with van der Waals surface area (Å²) in [4.78, 5) is 13.0. The molecule has 2 aromatic rings. The summed E-state index contributed by atoms with van der Waals surface area (Å²) in [5, 5.41) is 0.0145.